The SMILES string of the molecule is O=C1C[C@H](c2cccnc2)Nc2ccc3ccccc3c21. The quantitative estimate of drug-likeness (QED) is 0.730. The molecular formula is C18H14N2O. The zero-order chi connectivity index (χ0) is 14.2. The molecule has 1 aliphatic rings. The highest BCUT2D eigenvalue weighted by atomic mass is 16.1. The van der Waals surface area contributed by atoms with Crippen molar-refractivity contribution >= 4 is 22.2 Å². The van der Waals surface area contributed by atoms with Gasteiger partial charge >= 0.3 is 0 Å². The Morgan fingerprint density at radius 3 is 2.81 bits per heavy atom. The van der Waals surface area contributed by atoms with Crippen LogP contribution in [-0.4, -0.2) is 10.8 Å². The first-order chi connectivity index (χ1) is 10.3. The molecule has 21 heavy (non-hydrogen) atoms. The van der Waals surface area contributed by atoms with E-state index in [1.807, 2.05) is 48.7 Å². The lowest BCUT2D eigenvalue weighted by Crippen LogP contribution is -2.23. The first-order valence-corrected chi connectivity index (χ1v) is 7.04. The second-order valence-electron chi connectivity index (χ2n) is 5.32. The fourth-order valence-electron chi connectivity index (χ4n) is 3.00. The van der Waals surface area contributed by atoms with Crippen LogP contribution in [0.5, 0.6) is 0 Å². The van der Waals surface area contributed by atoms with Crippen molar-refractivity contribution in [1.82, 2.24) is 4.98 Å². The van der Waals surface area contributed by atoms with Gasteiger partial charge in [-0.3, -0.25) is 9.78 Å². The minimum Gasteiger partial charge on any atom is -0.377 e. The van der Waals surface area contributed by atoms with Crippen LogP contribution in [0.15, 0.2) is 60.9 Å². The lowest BCUT2D eigenvalue weighted by molar-refractivity contribution is 0.0974. The minimum absolute atomic E-state index is 0.000128. The van der Waals surface area contributed by atoms with Crippen LogP contribution in [-0.2, 0) is 0 Å². The number of anilines is 1. The zero-order valence-corrected chi connectivity index (χ0v) is 11.4. The van der Waals surface area contributed by atoms with Crippen molar-refractivity contribution in [3.8, 4) is 0 Å². The third-order valence-electron chi connectivity index (χ3n) is 4.01. The molecule has 0 bridgehead atoms. The molecule has 0 spiro atoms. The van der Waals surface area contributed by atoms with Crippen LogP contribution in [0.1, 0.15) is 28.4 Å². The van der Waals surface area contributed by atoms with Gasteiger partial charge < -0.3 is 5.32 Å². The van der Waals surface area contributed by atoms with Gasteiger partial charge in [0.25, 0.3) is 0 Å². The molecule has 0 fully saturated rings. The third kappa shape index (κ3) is 1.98. The maximum Gasteiger partial charge on any atom is 0.167 e. The second-order valence-corrected chi connectivity index (χ2v) is 5.32. The summed E-state index contributed by atoms with van der Waals surface area (Å²) >= 11 is 0. The maximum absolute atomic E-state index is 12.6. The Balaban J connectivity index is 1.83. The number of Topliss-reactive ketones (excluding diaryl/α,β-unsaturated/α-hetero) is 1. The monoisotopic (exact) mass is 274 g/mol. The van der Waals surface area contributed by atoms with Crippen LogP contribution in [0.2, 0.25) is 0 Å². The molecule has 3 heteroatoms. The number of carbonyl (C=O) groups excluding carboxylic acids is 1. The summed E-state index contributed by atoms with van der Waals surface area (Å²) in [5.41, 5.74) is 2.77. The lowest BCUT2D eigenvalue weighted by atomic mass is 9.90. The van der Waals surface area contributed by atoms with Gasteiger partial charge in [0.05, 0.1) is 6.04 Å². The van der Waals surface area contributed by atoms with Crippen molar-refractivity contribution in [2.24, 2.45) is 0 Å². The summed E-state index contributed by atoms with van der Waals surface area (Å²) < 4.78 is 0. The molecule has 0 saturated heterocycles. The van der Waals surface area contributed by atoms with E-state index in [1.165, 1.54) is 0 Å². The molecule has 2 heterocycles. The number of nitrogens with zero attached hydrogens (tertiary/aromatic N) is 1. The number of nitrogens with one attached hydrogen (secondary N) is 1. The third-order valence-corrected chi connectivity index (χ3v) is 4.01. The smallest absolute Gasteiger partial charge is 0.167 e. The van der Waals surface area contributed by atoms with Crippen LogP contribution in [0.3, 0.4) is 0 Å². The number of hydrogen-bond donors (Lipinski definition) is 1. The van der Waals surface area contributed by atoms with E-state index in [1.54, 1.807) is 6.20 Å². The number of hydrogen-bond acceptors (Lipinski definition) is 3. The number of ketones is 1. The van der Waals surface area contributed by atoms with E-state index in [4.69, 9.17) is 0 Å². The highest BCUT2D eigenvalue weighted by Crippen LogP contribution is 2.36. The molecule has 1 atom stereocenters. The molecule has 0 unspecified atom stereocenters. The van der Waals surface area contributed by atoms with Crippen molar-refractivity contribution in [2.45, 2.75) is 12.5 Å². The molecule has 0 saturated carbocycles. The molecule has 102 valence electrons. The summed E-state index contributed by atoms with van der Waals surface area (Å²) in [6.07, 6.45) is 4.03. The highest BCUT2D eigenvalue weighted by molar-refractivity contribution is 6.14. The highest BCUT2D eigenvalue weighted by Gasteiger charge is 2.27. The number of carbonyl (C=O) groups is 1. The fourth-order valence-corrected chi connectivity index (χ4v) is 3.00. The lowest BCUT2D eigenvalue weighted by Gasteiger charge is -2.27. The molecule has 1 N–H and O–H groups in total. The van der Waals surface area contributed by atoms with Gasteiger partial charge in [0.15, 0.2) is 5.78 Å². The molecule has 0 aliphatic carbocycles. The molecule has 0 amide bonds. The summed E-state index contributed by atoms with van der Waals surface area (Å²) in [4.78, 5) is 16.8. The first-order valence-electron chi connectivity index (χ1n) is 7.04. The van der Waals surface area contributed by atoms with Crippen molar-refractivity contribution in [2.75, 3.05) is 5.32 Å². The fraction of sp³-hybridized carbons (Fsp3) is 0.111. The van der Waals surface area contributed by atoms with Crippen molar-refractivity contribution < 1.29 is 4.79 Å². The van der Waals surface area contributed by atoms with E-state index in [2.05, 4.69) is 16.4 Å². The van der Waals surface area contributed by atoms with Crippen molar-refractivity contribution in [3.63, 3.8) is 0 Å². The molecule has 2 aromatic carbocycles. The summed E-state index contributed by atoms with van der Waals surface area (Å²) in [6.45, 7) is 0. The van der Waals surface area contributed by atoms with Gasteiger partial charge in [0.2, 0.25) is 0 Å². The predicted molar refractivity (Wildman–Crippen MR) is 83.5 cm³/mol. The van der Waals surface area contributed by atoms with Gasteiger partial charge in [0, 0.05) is 30.1 Å². The molecule has 0 radical (unpaired) electrons. The van der Waals surface area contributed by atoms with Crippen LogP contribution in [0, 0.1) is 0 Å². The van der Waals surface area contributed by atoms with Crippen LogP contribution < -0.4 is 5.32 Å². The molecule has 3 nitrogen and oxygen atoms in total. The number of fused-ring (bicyclic) bond motifs is 3. The number of pyridine rings is 1. The Kier molecular flexibility index (Phi) is 2.71. The average Bonchev–Trinajstić information content (AvgIpc) is 2.55. The standard InChI is InChI=1S/C18H14N2O/c21-17-10-16(13-5-3-9-19-11-13)20-15-8-7-12-4-1-2-6-14(12)18(15)17/h1-9,11,16,20H,10H2/t16-/m1/s1. The van der Waals surface area contributed by atoms with Gasteiger partial charge in [-0.15, -0.1) is 0 Å². The topological polar surface area (TPSA) is 42.0 Å². The Hall–Kier alpha value is -2.68. The van der Waals surface area contributed by atoms with E-state index in [0.717, 1.165) is 27.6 Å². The Bertz CT molecular complexity index is 827. The van der Waals surface area contributed by atoms with E-state index in [0.29, 0.717) is 6.42 Å². The Morgan fingerprint density at radius 1 is 1.05 bits per heavy atom. The predicted octanol–water partition coefficient (Wildman–Crippen LogP) is 3.97. The summed E-state index contributed by atoms with van der Waals surface area (Å²) in [5.74, 6) is 0.189. The van der Waals surface area contributed by atoms with Gasteiger partial charge in [-0.1, -0.05) is 36.4 Å². The number of benzene rings is 2. The summed E-state index contributed by atoms with van der Waals surface area (Å²) in [5, 5.41) is 5.60. The second kappa shape index (κ2) is 4.70. The van der Waals surface area contributed by atoms with Gasteiger partial charge in [-0.2, -0.15) is 0 Å². The maximum atomic E-state index is 12.6. The molecule has 1 aliphatic heterocycles. The van der Waals surface area contributed by atoms with Crippen molar-refractivity contribution in [3.05, 3.63) is 72.1 Å². The minimum atomic E-state index is -0.000128. The average molecular weight is 274 g/mol. The van der Waals surface area contributed by atoms with E-state index < -0.39 is 0 Å². The number of rotatable bonds is 1. The van der Waals surface area contributed by atoms with Gasteiger partial charge in [-0.05, 0) is 28.5 Å². The van der Waals surface area contributed by atoms with E-state index >= 15 is 0 Å². The van der Waals surface area contributed by atoms with Crippen LogP contribution in [0.4, 0.5) is 5.69 Å². The number of aromatic nitrogens is 1. The van der Waals surface area contributed by atoms with E-state index in [-0.39, 0.29) is 11.8 Å². The van der Waals surface area contributed by atoms with Gasteiger partial charge in [0.1, 0.15) is 0 Å². The largest absolute Gasteiger partial charge is 0.377 e. The van der Waals surface area contributed by atoms with Crippen LogP contribution in [0.25, 0.3) is 10.8 Å². The molecule has 1 aromatic heterocycles. The Labute approximate surface area is 122 Å². The molecule has 4 rings (SSSR count). The van der Waals surface area contributed by atoms with Crippen molar-refractivity contribution in [1.29, 1.82) is 0 Å². The first kappa shape index (κ1) is 12.1. The van der Waals surface area contributed by atoms with Gasteiger partial charge in [-0.25, -0.2) is 0 Å². The normalized spacial score (nSPS) is 17.3. The molecular weight excluding hydrogens is 260 g/mol. The summed E-state index contributed by atoms with van der Waals surface area (Å²) in [6, 6.07) is 16.0. The van der Waals surface area contributed by atoms with Crippen LogP contribution >= 0.6 is 0 Å². The summed E-state index contributed by atoms with van der Waals surface area (Å²) in [7, 11) is 0. The van der Waals surface area contributed by atoms with E-state index in [9.17, 15) is 4.79 Å². The molecule has 3 aromatic rings. The zero-order valence-electron chi connectivity index (χ0n) is 11.4. The Morgan fingerprint density at radius 2 is 1.95 bits per heavy atom.